The molecule has 0 aromatic heterocycles. The van der Waals surface area contributed by atoms with Gasteiger partial charge in [-0.25, -0.2) is 4.79 Å². The number of rotatable bonds is 7. The van der Waals surface area contributed by atoms with Gasteiger partial charge in [0.2, 0.25) is 0 Å². The minimum absolute atomic E-state index is 0.0537. The van der Waals surface area contributed by atoms with E-state index in [0.29, 0.717) is 6.42 Å². The molecule has 0 N–H and O–H groups in total. The van der Waals surface area contributed by atoms with Crippen LogP contribution in [0.2, 0.25) is 18.1 Å². The predicted octanol–water partition coefficient (Wildman–Crippen LogP) is 5.60. The van der Waals surface area contributed by atoms with Gasteiger partial charge in [-0.3, -0.25) is 0 Å². The predicted molar refractivity (Wildman–Crippen MR) is 108 cm³/mol. The molecule has 0 fully saturated rings. The van der Waals surface area contributed by atoms with Crippen molar-refractivity contribution in [2.45, 2.75) is 58.4 Å². The number of benzene rings is 1. The van der Waals surface area contributed by atoms with Gasteiger partial charge in [-0.1, -0.05) is 63.3 Å². The number of carbonyl (C=O) groups is 1. The second-order valence-electron chi connectivity index (χ2n) is 7.83. The highest BCUT2D eigenvalue weighted by atomic mass is 28.4. The van der Waals surface area contributed by atoms with Gasteiger partial charge in [-0.15, -0.1) is 0 Å². The molecule has 1 rings (SSSR count). The smallest absolute Gasteiger partial charge is 0.330 e. The minimum Gasteiger partial charge on any atom is -0.466 e. The molecule has 0 aliphatic heterocycles. The van der Waals surface area contributed by atoms with Crippen LogP contribution in [0.5, 0.6) is 0 Å². The largest absolute Gasteiger partial charge is 0.466 e. The zero-order valence-corrected chi connectivity index (χ0v) is 17.6. The van der Waals surface area contributed by atoms with Crippen molar-refractivity contribution in [1.29, 1.82) is 0 Å². The topological polar surface area (TPSA) is 35.5 Å². The molecule has 1 aromatic carbocycles. The summed E-state index contributed by atoms with van der Waals surface area (Å²) in [6.07, 6.45) is 6.06. The number of hydrogen-bond donors (Lipinski definition) is 0. The second kappa shape index (κ2) is 9.16. The van der Waals surface area contributed by atoms with Gasteiger partial charge >= 0.3 is 5.97 Å². The van der Waals surface area contributed by atoms with Crippen LogP contribution in [-0.4, -0.2) is 27.5 Å². The normalized spacial score (nSPS) is 14.6. The molecule has 0 saturated carbocycles. The highest BCUT2D eigenvalue weighted by molar-refractivity contribution is 6.74. The highest BCUT2D eigenvalue weighted by Crippen LogP contribution is 2.38. The van der Waals surface area contributed by atoms with Crippen LogP contribution in [0.25, 0.3) is 6.08 Å². The van der Waals surface area contributed by atoms with Crippen molar-refractivity contribution in [2.24, 2.45) is 0 Å². The number of hydrogen-bond acceptors (Lipinski definition) is 3. The van der Waals surface area contributed by atoms with Crippen LogP contribution in [0.3, 0.4) is 0 Å². The molecule has 0 heterocycles. The number of ether oxygens (including phenoxy) is 1. The van der Waals surface area contributed by atoms with Crippen LogP contribution in [0.15, 0.2) is 48.1 Å². The third-order valence-corrected chi connectivity index (χ3v) is 9.24. The summed E-state index contributed by atoms with van der Waals surface area (Å²) in [5.74, 6) is -0.337. The monoisotopic (exact) mass is 360 g/mol. The van der Waals surface area contributed by atoms with E-state index in [1.165, 1.54) is 13.2 Å². The molecule has 0 spiro atoms. The first-order valence-electron chi connectivity index (χ1n) is 8.72. The minimum atomic E-state index is -1.92. The Kier molecular flexibility index (Phi) is 7.84. The maximum absolute atomic E-state index is 11.3. The first kappa shape index (κ1) is 21.4. The molecule has 0 amide bonds. The van der Waals surface area contributed by atoms with Crippen LogP contribution >= 0.6 is 0 Å². The van der Waals surface area contributed by atoms with Crippen molar-refractivity contribution >= 4 is 20.4 Å². The van der Waals surface area contributed by atoms with E-state index in [-0.39, 0.29) is 17.1 Å². The fourth-order valence-corrected chi connectivity index (χ4v) is 3.47. The van der Waals surface area contributed by atoms with Gasteiger partial charge in [0, 0.05) is 6.08 Å². The molecule has 0 saturated heterocycles. The standard InChI is InChI=1S/C21H32O3Si/c1-17(16-18-12-9-8-10-13-18)19(14-11-15-20(22)23-5)24-25(6,7)21(2,3)4/h8-13,15-16,19H,14H2,1-7H3/b15-11+,17-16+/t19-/m1/s1. The Labute approximate surface area is 153 Å². The van der Waals surface area contributed by atoms with E-state index in [0.717, 1.165) is 11.1 Å². The Hall–Kier alpha value is -1.65. The molecule has 3 nitrogen and oxygen atoms in total. The molecule has 138 valence electrons. The summed E-state index contributed by atoms with van der Waals surface area (Å²) in [6, 6.07) is 10.2. The summed E-state index contributed by atoms with van der Waals surface area (Å²) in [5, 5.41) is 0.129. The highest BCUT2D eigenvalue weighted by Gasteiger charge is 2.39. The molecule has 0 radical (unpaired) electrons. The number of methoxy groups -OCH3 is 1. The summed E-state index contributed by atoms with van der Waals surface area (Å²) < 4.78 is 11.3. The van der Waals surface area contributed by atoms with E-state index in [9.17, 15) is 4.79 Å². The molecule has 25 heavy (non-hydrogen) atoms. The van der Waals surface area contributed by atoms with Crippen LogP contribution in [0.4, 0.5) is 0 Å². The number of esters is 1. The molecule has 0 aliphatic rings. The lowest BCUT2D eigenvalue weighted by molar-refractivity contribution is -0.134. The molecule has 1 atom stereocenters. The van der Waals surface area contributed by atoms with Gasteiger partial charge in [-0.05, 0) is 42.6 Å². The van der Waals surface area contributed by atoms with Crippen LogP contribution in [0, 0.1) is 0 Å². The van der Waals surface area contributed by atoms with Crippen molar-refractivity contribution in [1.82, 2.24) is 0 Å². The van der Waals surface area contributed by atoms with E-state index in [1.807, 2.05) is 24.3 Å². The number of carbonyl (C=O) groups excluding carboxylic acids is 1. The van der Waals surface area contributed by atoms with Crippen LogP contribution < -0.4 is 0 Å². The van der Waals surface area contributed by atoms with E-state index < -0.39 is 8.32 Å². The maximum Gasteiger partial charge on any atom is 0.330 e. The third kappa shape index (κ3) is 7.00. The average Bonchev–Trinajstić information content (AvgIpc) is 2.53. The molecule has 0 unspecified atom stereocenters. The van der Waals surface area contributed by atoms with Crippen molar-refractivity contribution in [3.8, 4) is 0 Å². The second-order valence-corrected chi connectivity index (χ2v) is 12.6. The maximum atomic E-state index is 11.3. The van der Waals surface area contributed by atoms with E-state index >= 15 is 0 Å². The van der Waals surface area contributed by atoms with Gasteiger partial charge in [0.15, 0.2) is 8.32 Å². The van der Waals surface area contributed by atoms with Gasteiger partial charge in [0.05, 0.1) is 13.2 Å². The summed E-state index contributed by atoms with van der Waals surface area (Å²) in [4.78, 5) is 11.3. The van der Waals surface area contributed by atoms with Crippen molar-refractivity contribution in [3.63, 3.8) is 0 Å². The van der Waals surface area contributed by atoms with Crippen molar-refractivity contribution in [3.05, 3.63) is 53.6 Å². The quantitative estimate of drug-likeness (QED) is 0.361. The molecular formula is C21H32O3Si. The molecule has 0 aliphatic carbocycles. The third-order valence-electron chi connectivity index (χ3n) is 4.75. The lowest BCUT2D eigenvalue weighted by Crippen LogP contribution is -2.44. The van der Waals surface area contributed by atoms with E-state index in [1.54, 1.807) is 0 Å². The van der Waals surface area contributed by atoms with Gasteiger partial charge in [0.25, 0.3) is 0 Å². The molecule has 4 heteroatoms. The molecular weight excluding hydrogens is 328 g/mol. The van der Waals surface area contributed by atoms with Crippen LogP contribution in [-0.2, 0) is 14.0 Å². The van der Waals surface area contributed by atoms with Crippen molar-refractivity contribution in [2.75, 3.05) is 7.11 Å². The van der Waals surface area contributed by atoms with Gasteiger partial charge < -0.3 is 9.16 Å². The fourth-order valence-electron chi connectivity index (χ4n) is 2.12. The SMILES string of the molecule is COC(=O)/C=C/C[C@@H](O[Si](C)(C)C(C)(C)C)/C(C)=C/c1ccccc1. The first-order valence-corrected chi connectivity index (χ1v) is 11.6. The summed E-state index contributed by atoms with van der Waals surface area (Å²) in [5.41, 5.74) is 2.31. The zero-order valence-electron chi connectivity index (χ0n) is 16.6. The fraction of sp³-hybridized carbons (Fsp3) is 0.476. The summed E-state index contributed by atoms with van der Waals surface area (Å²) in [6.45, 7) is 13.3. The van der Waals surface area contributed by atoms with Gasteiger partial charge in [0.1, 0.15) is 0 Å². The lowest BCUT2D eigenvalue weighted by atomic mass is 10.0. The molecule has 1 aromatic rings. The first-order chi connectivity index (χ1) is 11.6. The lowest BCUT2D eigenvalue weighted by Gasteiger charge is -2.39. The Morgan fingerprint density at radius 1 is 1.20 bits per heavy atom. The Balaban J connectivity index is 3.04. The zero-order chi connectivity index (χ0) is 19.1. The summed E-state index contributed by atoms with van der Waals surface area (Å²) in [7, 11) is -0.539. The molecule has 0 bridgehead atoms. The average molecular weight is 361 g/mol. The van der Waals surface area contributed by atoms with Crippen LogP contribution in [0.1, 0.15) is 39.7 Å². The van der Waals surface area contributed by atoms with Gasteiger partial charge in [-0.2, -0.15) is 0 Å². The summed E-state index contributed by atoms with van der Waals surface area (Å²) >= 11 is 0. The Bertz CT molecular complexity index is 610. The van der Waals surface area contributed by atoms with E-state index in [4.69, 9.17) is 4.43 Å². The van der Waals surface area contributed by atoms with Crippen molar-refractivity contribution < 1.29 is 14.0 Å². The van der Waals surface area contributed by atoms with E-state index in [2.05, 4.69) is 63.7 Å². The Morgan fingerprint density at radius 2 is 1.80 bits per heavy atom. The Morgan fingerprint density at radius 3 is 2.32 bits per heavy atom.